The molecule has 0 fully saturated rings. The molecule has 0 bridgehead atoms. The maximum atomic E-state index is 9.79. The van der Waals surface area contributed by atoms with Crippen molar-refractivity contribution in [2.45, 2.75) is 12.2 Å². The number of aliphatic hydroxyl groups excluding tert-OH is 2. The number of alkyl halides is 1. The first-order valence-electron chi connectivity index (χ1n) is 4.99. The van der Waals surface area contributed by atoms with Crippen LogP contribution in [0.15, 0.2) is 36.5 Å². The van der Waals surface area contributed by atoms with Gasteiger partial charge in [0, 0.05) is 11.6 Å². The first-order valence-corrected chi connectivity index (χ1v) is 5.52. The van der Waals surface area contributed by atoms with Crippen LogP contribution in [0.25, 0.3) is 10.9 Å². The molecule has 2 rings (SSSR count). The number of rotatable bonds is 3. The molecule has 0 saturated heterocycles. The Hall–Kier alpha value is -1.16. The van der Waals surface area contributed by atoms with Gasteiger partial charge in [-0.15, -0.1) is 11.6 Å². The van der Waals surface area contributed by atoms with E-state index in [0.717, 1.165) is 10.9 Å². The number of aliphatic hydroxyl groups is 2. The Morgan fingerprint density at radius 3 is 2.81 bits per heavy atom. The second-order valence-electron chi connectivity index (χ2n) is 3.62. The van der Waals surface area contributed by atoms with Crippen molar-refractivity contribution in [1.29, 1.82) is 0 Å². The van der Waals surface area contributed by atoms with Crippen LogP contribution < -0.4 is 0 Å². The van der Waals surface area contributed by atoms with E-state index in [0.29, 0.717) is 5.56 Å². The molecule has 3 nitrogen and oxygen atoms in total. The monoisotopic (exact) mass is 237 g/mol. The molecule has 16 heavy (non-hydrogen) atoms. The minimum Gasteiger partial charge on any atom is -0.389 e. The van der Waals surface area contributed by atoms with Gasteiger partial charge in [0.25, 0.3) is 0 Å². The predicted molar refractivity (Wildman–Crippen MR) is 63.4 cm³/mol. The number of hydrogen-bond acceptors (Lipinski definition) is 3. The van der Waals surface area contributed by atoms with Gasteiger partial charge >= 0.3 is 0 Å². The van der Waals surface area contributed by atoms with Gasteiger partial charge in [0.2, 0.25) is 0 Å². The number of aromatic nitrogens is 1. The van der Waals surface area contributed by atoms with E-state index in [1.165, 1.54) is 0 Å². The van der Waals surface area contributed by atoms with Gasteiger partial charge in [-0.05, 0) is 17.7 Å². The molecule has 0 radical (unpaired) electrons. The maximum Gasteiger partial charge on any atom is 0.106 e. The van der Waals surface area contributed by atoms with Crippen molar-refractivity contribution < 1.29 is 10.2 Å². The first-order chi connectivity index (χ1) is 7.72. The van der Waals surface area contributed by atoms with Crippen LogP contribution in [0.3, 0.4) is 0 Å². The van der Waals surface area contributed by atoms with E-state index in [1.54, 1.807) is 18.3 Å². The van der Waals surface area contributed by atoms with Crippen LogP contribution >= 0.6 is 11.6 Å². The third-order valence-corrected chi connectivity index (χ3v) is 2.81. The van der Waals surface area contributed by atoms with Crippen LogP contribution in [-0.2, 0) is 0 Å². The molecule has 1 aromatic heterocycles. The molecule has 2 aromatic rings. The van der Waals surface area contributed by atoms with Crippen LogP contribution in [0.4, 0.5) is 0 Å². The highest BCUT2D eigenvalue weighted by Gasteiger charge is 2.17. The maximum absolute atomic E-state index is 9.79. The van der Waals surface area contributed by atoms with E-state index >= 15 is 0 Å². The molecule has 2 unspecified atom stereocenters. The smallest absolute Gasteiger partial charge is 0.106 e. The minimum atomic E-state index is -0.969. The number of halogens is 1. The third kappa shape index (κ3) is 2.16. The largest absolute Gasteiger partial charge is 0.389 e. The quantitative estimate of drug-likeness (QED) is 0.802. The Kier molecular flexibility index (Phi) is 3.39. The van der Waals surface area contributed by atoms with Crippen molar-refractivity contribution in [1.82, 2.24) is 4.98 Å². The fourth-order valence-corrected chi connectivity index (χ4v) is 1.74. The highest BCUT2D eigenvalue weighted by Crippen LogP contribution is 2.21. The number of fused-ring (bicyclic) bond motifs is 1. The molecule has 84 valence electrons. The van der Waals surface area contributed by atoms with E-state index in [-0.39, 0.29) is 5.88 Å². The zero-order valence-electron chi connectivity index (χ0n) is 8.55. The lowest BCUT2D eigenvalue weighted by Gasteiger charge is -2.15. The molecule has 0 saturated carbocycles. The fraction of sp³-hybridized carbons (Fsp3) is 0.250. The average molecular weight is 238 g/mol. The summed E-state index contributed by atoms with van der Waals surface area (Å²) in [6.07, 6.45) is -0.233. The molecular weight excluding hydrogens is 226 g/mol. The molecule has 0 spiro atoms. The molecule has 2 atom stereocenters. The fourth-order valence-electron chi connectivity index (χ4n) is 1.57. The van der Waals surface area contributed by atoms with Gasteiger partial charge < -0.3 is 10.2 Å². The molecule has 0 amide bonds. The molecule has 1 aromatic carbocycles. The molecular formula is C12H12ClNO2. The summed E-state index contributed by atoms with van der Waals surface area (Å²) in [5, 5.41) is 20.2. The summed E-state index contributed by atoms with van der Waals surface area (Å²) in [6, 6.07) is 9.19. The van der Waals surface area contributed by atoms with Crippen molar-refractivity contribution in [3.8, 4) is 0 Å². The number of hydrogen-bond donors (Lipinski definition) is 2. The van der Waals surface area contributed by atoms with Crippen LogP contribution in [0.1, 0.15) is 11.7 Å². The lowest BCUT2D eigenvalue weighted by molar-refractivity contribution is 0.0328. The summed E-state index contributed by atoms with van der Waals surface area (Å²) in [6.45, 7) is 0. The third-order valence-electron chi connectivity index (χ3n) is 2.49. The van der Waals surface area contributed by atoms with Crippen LogP contribution in [0.2, 0.25) is 0 Å². The number of nitrogens with zero attached hydrogens (tertiary/aromatic N) is 1. The van der Waals surface area contributed by atoms with Crippen molar-refractivity contribution in [2.75, 3.05) is 5.88 Å². The molecule has 0 aliphatic rings. The molecule has 0 aliphatic heterocycles. The zero-order valence-corrected chi connectivity index (χ0v) is 9.30. The highest BCUT2D eigenvalue weighted by atomic mass is 35.5. The Bertz CT molecular complexity index is 489. The van der Waals surface area contributed by atoms with Crippen molar-refractivity contribution in [2.24, 2.45) is 0 Å². The molecule has 2 N–H and O–H groups in total. The van der Waals surface area contributed by atoms with E-state index in [9.17, 15) is 10.2 Å². The predicted octanol–water partition coefficient (Wildman–Crippen LogP) is 1.87. The highest BCUT2D eigenvalue weighted by molar-refractivity contribution is 6.18. The Morgan fingerprint density at radius 2 is 2.06 bits per heavy atom. The zero-order chi connectivity index (χ0) is 11.5. The molecule has 0 aliphatic carbocycles. The topological polar surface area (TPSA) is 53.4 Å². The van der Waals surface area contributed by atoms with E-state index in [2.05, 4.69) is 4.98 Å². The van der Waals surface area contributed by atoms with Gasteiger partial charge in [0.05, 0.1) is 17.5 Å². The van der Waals surface area contributed by atoms with Crippen molar-refractivity contribution in [3.05, 3.63) is 42.1 Å². The van der Waals surface area contributed by atoms with Gasteiger partial charge in [-0.3, -0.25) is 4.98 Å². The Balaban J connectivity index is 2.39. The van der Waals surface area contributed by atoms with Gasteiger partial charge in [-0.1, -0.05) is 18.2 Å². The Labute approximate surface area is 98.3 Å². The standard InChI is InChI=1S/C12H12ClNO2/c13-7-11(15)12(16)9-4-3-8-2-1-5-14-10(8)6-9/h1-6,11-12,15-16H,7H2. The summed E-state index contributed by atoms with van der Waals surface area (Å²) < 4.78 is 0. The van der Waals surface area contributed by atoms with Crippen LogP contribution in [0, 0.1) is 0 Å². The SMILES string of the molecule is OC(CCl)C(O)c1ccc2cccnc2c1. The van der Waals surface area contributed by atoms with Crippen molar-refractivity contribution >= 4 is 22.5 Å². The van der Waals surface area contributed by atoms with Crippen LogP contribution in [0.5, 0.6) is 0 Å². The second-order valence-corrected chi connectivity index (χ2v) is 3.93. The summed E-state index contributed by atoms with van der Waals surface area (Å²) in [4.78, 5) is 4.18. The van der Waals surface area contributed by atoms with Gasteiger partial charge in [0.15, 0.2) is 0 Å². The van der Waals surface area contributed by atoms with E-state index in [4.69, 9.17) is 11.6 Å². The molecule has 4 heteroatoms. The summed E-state index contributed by atoms with van der Waals surface area (Å²) in [7, 11) is 0. The first kappa shape index (κ1) is 11.3. The lowest BCUT2D eigenvalue weighted by Crippen LogP contribution is -2.19. The van der Waals surface area contributed by atoms with Crippen molar-refractivity contribution in [3.63, 3.8) is 0 Å². The number of benzene rings is 1. The summed E-state index contributed by atoms with van der Waals surface area (Å²) in [5.74, 6) is 0.00141. The van der Waals surface area contributed by atoms with Gasteiger partial charge in [-0.25, -0.2) is 0 Å². The Morgan fingerprint density at radius 1 is 1.25 bits per heavy atom. The van der Waals surface area contributed by atoms with Gasteiger partial charge in [0.1, 0.15) is 6.10 Å². The minimum absolute atomic E-state index is 0.00141. The van der Waals surface area contributed by atoms with E-state index in [1.807, 2.05) is 18.2 Å². The lowest BCUT2D eigenvalue weighted by atomic mass is 10.0. The summed E-state index contributed by atoms with van der Waals surface area (Å²) >= 11 is 5.49. The summed E-state index contributed by atoms with van der Waals surface area (Å²) in [5.41, 5.74) is 1.42. The normalized spacial score (nSPS) is 14.9. The second kappa shape index (κ2) is 4.78. The van der Waals surface area contributed by atoms with Gasteiger partial charge in [-0.2, -0.15) is 0 Å². The number of pyridine rings is 1. The average Bonchev–Trinajstić information content (AvgIpc) is 2.36. The molecule has 1 heterocycles. The van der Waals surface area contributed by atoms with E-state index < -0.39 is 12.2 Å². The van der Waals surface area contributed by atoms with Crippen LogP contribution in [-0.4, -0.2) is 27.2 Å².